The third kappa shape index (κ3) is 2.96. The molecule has 0 bridgehead atoms. The minimum atomic E-state index is 0.793. The van der Waals surface area contributed by atoms with Gasteiger partial charge in [0.2, 0.25) is 0 Å². The van der Waals surface area contributed by atoms with E-state index in [1.54, 1.807) is 0 Å². The first-order valence-corrected chi connectivity index (χ1v) is 6.49. The SMILES string of the molecule is CCCOCCCn1c(=S)[nH]c2ccccc21. The number of nitrogens with one attached hydrogen (secondary N) is 1. The Morgan fingerprint density at radius 1 is 1.29 bits per heavy atom. The van der Waals surface area contributed by atoms with E-state index < -0.39 is 0 Å². The third-order valence-corrected chi connectivity index (χ3v) is 3.02. The monoisotopic (exact) mass is 250 g/mol. The van der Waals surface area contributed by atoms with Crippen LogP contribution in [0.15, 0.2) is 24.3 Å². The lowest BCUT2D eigenvalue weighted by molar-refractivity contribution is 0.129. The molecule has 0 radical (unpaired) electrons. The summed E-state index contributed by atoms with van der Waals surface area (Å²) < 4.78 is 8.41. The van der Waals surface area contributed by atoms with Crippen LogP contribution in [0.3, 0.4) is 0 Å². The van der Waals surface area contributed by atoms with Crippen molar-refractivity contribution in [3.05, 3.63) is 29.0 Å². The molecule has 0 atom stereocenters. The van der Waals surface area contributed by atoms with Crippen molar-refractivity contribution in [3.63, 3.8) is 0 Å². The molecular formula is C13H18N2OS. The average molecular weight is 250 g/mol. The van der Waals surface area contributed by atoms with Crippen LogP contribution in [0.1, 0.15) is 19.8 Å². The van der Waals surface area contributed by atoms with E-state index in [1.165, 1.54) is 5.52 Å². The van der Waals surface area contributed by atoms with Gasteiger partial charge in [-0.3, -0.25) is 0 Å². The van der Waals surface area contributed by atoms with Crippen LogP contribution < -0.4 is 0 Å². The third-order valence-electron chi connectivity index (χ3n) is 2.70. The van der Waals surface area contributed by atoms with Crippen LogP contribution in [0.25, 0.3) is 11.0 Å². The highest BCUT2D eigenvalue weighted by atomic mass is 32.1. The van der Waals surface area contributed by atoms with Crippen LogP contribution >= 0.6 is 12.2 Å². The van der Waals surface area contributed by atoms with Crippen molar-refractivity contribution in [1.82, 2.24) is 9.55 Å². The normalized spacial score (nSPS) is 11.1. The van der Waals surface area contributed by atoms with E-state index in [1.807, 2.05) is 12.1 Å². The van der Waals surface area contributed by atoms with E-state index in [2.05, 4.69) is 28.6 Å². The zero-order valence-electron chi connectivity index (χ0n) is 10.1. The Hall–Kier alpha value is -1.13. The molecule has 1 aromatic heterocycles. The molecular weight excluding hydrogens is 232 g/mol. The van der Waals surface area contributed by atoms with Gasteiger partial charge in [0.25, 0.3) is 0 Å². The molecule has 2 rings (SSSR count). The standard InChI is InChI=1S/C13H18N2OS/c1-2-9-16-10-5-8-15-12-7-4-3-6-11(12)14-13(15)17/h3-4,6-7H,2,5,8-10H2,1H3,(H,14,17). The Kier molecular flexibility index (Phi) is 4.34. The van der Waals surface area contributed by atoms with Crippen molar-refractivity contribution in [1.29, 1.82) is 0 Å². The molecule has 0 aliphatic rings. The number of hydrogen-bond acceptors (Lipinski definition) is 2. The number of aromatic amines is 1. The van der Waals surface area contributed by atoms with Gasteiger partial charge in [-0.25, -0.2) is 0 Å². The summed E-state index contributed by atoms with van der Waals surface area (Å²) in [5.41, 5.74) is 2.28. The highest BCUT2D eigenvalue weighted by Crippen LogP contribution is 2.13. The Morgan fingerprint density at radius 2 is 2.12 bits per heavy atom. The largest absolute Gasteiger partial charge is 0.381 e. The second-order valence-corrected chi connectivity index (χ2v) is 4.45. The molecule has 0 aliphatic heterocycles. The summed E-state index contributed by atoms with van der Waals surface area (Å²) in [4.78, 5) is 3.22. The van der Waals surface area contributed by atoms with Crippen LogP contribution in [-0.4, -0.2) is 22.8 Å². The number of nitrogens with zero attached hydrogens (tertiary/aromatic N) is 1. The van der Waals surface area contributed by atoms with Crippen molar-refractivity contribution >= 4 is 23.3 Å². The first-order chi connectivity index (χ1) is 8.33. The summed E-state index contributed by atoms with van der Waals surface area (Å²) in [6.45, 7) is 4.68. The second-order valence-electron chi connectivity index (χ2n) is 4.06. The van der Waals surface area contributed by atoms with E-state index in [9.17, 15) is 0 Å². The predicted molar refractivity (Wildman–Crippen MR) is 72.8 cm³/mol. The number of hydrogen-bond donors (Lipinski definition) is 1. The number of aromatic nitrogens is 2. The summed E-state index contributed by atoms with van der Waals surface area (Å²) in [5, 5.41) is 0. The van der Waals surface area contributed by atoms with Gasteiger partial charge < -0.3 is 14.3 Å². The fourth-order valence-corrected chi connectivity index (χ4v) is 2.20. The molecule has 0 spiro atoms. The van der Waals surface area contributed by atoms with Gasteiger partial charge in [0.15, 0.2) is 4.77 Å². The van der Waals surface area contributed by atoms with Gasteiger partial charge in [0, 0.05) is 19.8 Å². The molecule has 1 aromatic carbocycles. The summed E-state index contributed by atoms with van der Waals surface area (Å²) >= 11 is 5.32. The van der Waals surface area contributed by atoms with Gasteiger partial charge in [0.05, 0.1) is 11.0 Å². The number of aryl methyl sites for hydroxylation is 1. The maximum absolute atomic E-state index is 5.48. The number of fused-ring (bicyclic) bond motifs is 1. The Bertz CT molecular complexity index is 529. The highest BCUT2D eigenvalue weighted by Gasteiger charge is 2.02. The fourth-order valence-electron chi connectivity index (χ4n) is 1.90. The van der Waals surface area contributed by atoms with Crippen LogP contribution in [0.5, 0.6) is 0 Å². The van der Waals surface area contributed by atoms with Crippen molar-refractivity contribution in [2.45, 2.75) is 26.3 Å². The number of imidazole rings is 1. The average Bonchev–Trinajstić information content (AvgIpc) is 2.65. The smallest absolute Gasteiger partial charge is 0.178 e. The Morgan fingerprint density at radius 3 is 2.94 bits per heavy atom. The van der Waals surface area contributed by atoms with Gasteiger partial charge in [-0.15, -0.1) is 0 Å². The predicted octanol–water partition coefficient (Wildman–Crippen LogP) is 3.52. The van der Waals surface area contributed by atoms with E-state index in [4.69, 9.17) is 17.0 Å². The lowest BCUT2D eigenvalue weighted by atomic mass is 10.3. The van der Waals surface area contributed by atoms with E-state index in [-0.39, 0.29) is 0 Å². The molecule has 0 aliphatic carbocycles. The second kappa shape index (κ2) is 5.98. The van der Waals surface area contributed by atoms with Crippen molar-refractivity contribution in [2.75, 3.05) is 13.2 Å². The summed E-state index contributed by atoms with van der Waals surface area (Å²) in [6, 6.07) is 8.20. The molecule has 4 heteroatoms. The van der Waals surface area contributed by atoms with Gasteiger partial charge in [0.1, 0.15) is 0 Å². The maximum atomic E-state index is 5.48. The van der Waals surface area contributed by atoms with Crippen molar-refractivity contribution in [2.24, 2.45) is 0 Å². The van der Waals surface area contributed by atoms with E-state index in [0.717, 1.165) is 42.9 Å². The first-order valence-electron chi connectivity index (χ1n) is 6.08. The fraction of sp³-hybridized carbons (Fsp3) is 0.462. The number of H-pyrrole nitrogens is 1. The summed E-state index contributed by atoms with van der Waals surface area (Å²) in [6.07, 6.45) is 2.07. The molecule has 2 aromatic rings. The van der Waals surface area contributed by atoms with Gasteiger partial charge in [-0.2, -0.15) is 0 Å². The van der Waals surface area contributed by atoms with Crippen LogP contribution in [-0.2, 0) is 11.3 Å². The quantitative estimate of drug-likeness (QED) is 0.628. The van der Waals surface area contributed by atoms with E-state index in [0.29, 0.717) is 0 Å². The molecule has 0 saturated carbocycles. The van der Waals surface area contributed by atoms with Gasteiger partial charge in [-0.1, -0.05) is 19.1 Å². The number of para-hydroxylation sites is 2. The van der Waals surface area contributed by atoms with Crippen LogP contribution in [0, 0.1) is 4.77 Å². The molecule has 0 saturated heterocycles. The molecule has 3 nitrogen and oxygen atoms in total. The van der Waals surface area contributed by atoms with Crippen LogP contribution in [0.2, 0.25) is 0 Å². The molecule has 0 unspecified atom stereocenters. The minimum Gasteiger partial charge on any atom is -0.381 e. The molecule has 0 fully saturated rings. The van der Waals surface area contributed by atoms with E-state index >= 15 is 0 Å². The lowest BCUT2D eigenvalue weighted by Crippen LogP contribution is -2.03. The Balaban J connectivity index is 2.03. The first kappa shape index (κ1) is 12.3. The number of rotatable bonds is 6. The molecule has 1 N–H and O–H groups in total. The lowest BCUT2D eigenvalue weighted by Gasteiger charge is -2.05. The molecule has 17 heavy (non-hydrogen) atoms. The molecule has 1 heterocycles. The topological polar surface area (TPSA) is 29.9 Å². The number of benzene rings is 1. The number of ether oxygens (including phenoxy) is 1. The summed E-state index contributed by atoms with van der Waals surface area (Å²) in [5.74, 6) is 0. The summed E-state index contributed by atoms with van der Waals surface area (Å²) in [7, 11) is 0. The Labute approximate surface area is 106 Å². The maximum Gasteiger partial charge on any atom is 0.178 e. The minimum absolute atomic E-state index is 0.793. The van der Waals surface area contributed by atoms with Crippen molar-refractivity contribution < 1.29 is 4.74 Å². The zero-order chi connectivity index (χ0) is 12.1. The van der Waals surface area contributed by atoms with Crippen molar-refractivity contribution in [3.8, 4) is 0 Å². The molecule has 0 amide bonds. The highest BCUT2D eigenvalue weighted by molar-refractivity contribution is 7.71. The van der Waals surface area contributed by atoms with Gasteiger partial charge >= 0.3 is 0 Å². The molecule has 92 valence electrons. The van der Waals surface area contributed by atoms with Gasteiger partial charge in [-0.05, 0) is 37.2 Å². The van der Waals surface area contributed by atoms with Crippen LogP contribution in [0.4, 0.5) is 0 Å². The zero-order valence-corrected chi connectivity index (χ0v) is 10.9.